The number of hydrogen-bond acceptors (Lipinski definition) is 2. The van der Waals surface area contributed by atoms with Crippen molar-refractivity contribution in [3.63, 3.8) is 0 Å². The van der Waals surface area contributed by atoms with Crippen molar-refractivity contribution in [1.29, 1.82) is 0 Å². The molecule has 0 aliphatic carbocycles. The van der Waals surface area contributed by atoms with Gasteiger partial charge in [0, 0.05) is 36.1 Å². The van der Waals surface area contributed by atoms with E-state index in [1.165, 1.54) is 0 Å². The molecule has 142 valence electrons. The summed E-state index contributed by atoms with van der Waals surface area (Å²) in [6.07, 6.45) is 1.73. The van der Waals surface area contributed by atoms with Crippen LogP contribution in [0.1, 0.15) is 24.0 Å². The topological polar surface area (TPSA) is 49.4 Å². The van der Waals surface area contributed by atoms with Gasteiger partial charge in [-0.15, -0.1) is 0 Å². The van der Waals surface area contributed by atoms with Gasteiger partial charge in [0.25, 0.3) is 0 Å². The van der Waals surface area contributed by atoms with E-state index < -0.39 is 0 Å². The molecule has 4 nitrogen and oxygen atoms in total. The molecule has 27 heavy (non-hydrogen) atoms. The van der Waals surface area contributed by atoms with Crippen LogP contribution in [0.2, 0.25) is 10.0 Å². The van der Waals surface area contributed by atoms with Gasteiger partial charge in [0.2, 0.25) is 11.8 Å². The Morgan fingerprint density at radius 2 is 1.85 bits per heavy atom. The summed E-state index contributed by atoms with van der Waals surface area (Å²) in [6.45, 7) is 1.51. The highest BCUT2D eigenvalue weighted by Crippen LogP contribution is 2.21. The van der Waals surface area contributed by atoms with E-state index >= 15 is 0 Å². The normalized spacial score (nSPS) is 17.0. The van der Waals surface area contributed by atoms with Crippen LogP contribution in [0.5, 0.6) is 0 Å². The van der Waals surface area contributed by atoms with E-state index in [2.05, 4.69) is 5.32 Å². The van der Waals surface area contributed by atoms with E-state index in [4.69, 9.17) is 23.2 Å². The predicted octanol–water partition coefficient (Wildman–Crippen LogP) is 4.09. The maximum absolute atomic E-state index is 12.5. The van der Waals surface area contributed by atoms with Crippen molar-refractivity contribution in [3.8, 4) is 0 Å². The summed E-state index contributed by atoms with van der Waals surface area (Å²) in [4.78, 5) is 26.5. The maximum atomic E-state index is 12.5. The Bertz CT molecular complexity index is 808. The minimum Gasteiger partial charge on any atom is -0.355 e. The van der Waals surface area contributed by atoms with E-state index in [9.17, 15) is 9.59 Å². The van der Waals surface area contributed by atoms with Crippen LogP contribution in [0.25, 0.3) is 0 Å². The van der Waals surface area contributed by atoms with Gasteiger partial charge >= 0.3 is 0 Å². The number of halogens is 2. The third-order valence-electron chi connectivity index (χ3n) is 4.76. The first-order valence-electron chi connectivity index (χ1n) is 9.05. The van der Waals surface area contributed by atoms with Crippen molar-refractivity contribution in [2.45, 2.75) is 25.8 Å². The van der Waals surface area contributed by atoms with Crippen LogP contribution in [0.15, 0.2) is 48.5 Å². The molecule has 1 saturated heterocycles. The van der Waals surface area contributed by atoms with Gasteiger partial charge in [0.05, 0.1) is 5.92 Å². The highest BCUT2D eigenvalue weighted by Gasteiger charge is 2.30. The molecule has 2 amide bonds. The van der Waals surface area contributed by atoms with Gasteiger partial charge in [-0.2, -0.15) is 0 Å². The summed E-state index contributed by atoms with van der Waals surface area (Å²) >= 11 is 11.9. The molecular formula is C21H22Cl2N2O2. The lowest BCUT2D eigenvalue weighted by Gasteiger charge is -2.32. The van der Waals surface area contributed by atoms with Gasteiger partial charge in [-0.1, -0.05) is 47.5 Å². The van der Waals surface area contributed by atoms with Crippen LogP contribution in [-0.2, 0) is 22.6 Å². The lowest BCUT2D eigenvalue weighted by atomic mass is 9.96. The van der Waals surface area contributed by atoms with Gasteiger partial charge in [0.15, 0.2) is 0 Å². The molecule has 6 heteroatoms. The van der Waals surface area contributed by atoms with E-state index in [1.54, 1.807) is 4.90 Å². The smallest absolute Gasteiger partial charge is 0.224 e. The number of piperidine rings is 1. The molecule has 1 fully saturated rings. The first kappa shape index (κ1) is 19.7. The fourth-order valence-electron chi connectivity index (χ4n) is 3.26. The zero-order valence-corrected chi connectivity index (χ0v) is 16.5. The molecule has 0 aromatic heterocycles. The molecule has 1 aliphatic heterocycles. The number of nitrogens with one attached hydrogen (secondary N) is 1. The number of carbonyl (C=O) groups is 2. The monoisotopic (exact) mass is 404 g/mol. The van der Waals surface area contributed by atoms with Gasteiger partial charge in [-0.3, -0.25) is 9.59 Å². The highest BCUT2D eigenvalue weighted by atomic mass is 35.5. The Kier molecular flexibility index (Phi) is 6.75. The lowest BCUT2D eigenvalue weighted by molar-refractivity contribution is -0.138. The highest BCUT2D eigenvalue weighted by molar-refractivity contribution is 6.30. The quantitative estimate of drug-likeness (QED) is 0.787. The summed E-state index contributed by atoms with van der Waals surface area (Å²) in [7, 11) is 0. The van der Waals surface area contributed by atoms with E-state index in [1.807, 2.05) is 48.5 Å². The van der Waals surface area contributed by atoms with Crippen molar-refractivity contribution < 1.29 is 9.59 Å². The molecule has 2 aromatic rings. The average Bonchev–Trinajstić information content (AvgIpc) is 2.65. The number of carbonyl (C=O) groups excluding carboxylic acids is 2. The van der Waals surface area contributed by atoms with Crippen molar-refractivity contribution in [2.24, 2.45) is 5.92 Å². The number of rotatable bonds is 6. The zero-order chi connectivity index (χ0) is 19.2. The summed E-state index contributed by atoms with van der Waals surface area (Å²) in [5.41, 5.74) is 2.10. The first-order chi connectivity index (χ1) is 13.0. The molecule has 1 atom stereocenters. The summed E-state index contributed by atoms with van der Waals surface area (Å²) < 4.78 is 0. The molecule has 0 spiro atoms. The second kappa shape index (κ2) is 9.25. The second-order valence-corrected chi connectivity index (χ2v) is 7.68. The Balaban J connectivity index is 1.51. The van der Waals surface area contributed by atoms with E-state index in [0.717, 1.165) is 17.5 Å². The minimum absolute atomic E-state index is 0.00522. The van der Waals surface area contributed by atoms with Crippen molar-refractivity contribution in [1.82, 2.24) is 10.2 Å². The molecule has 1 aliphatic rings. The molecule has 1 heterocycles. The zero-order valence-electron chi connectivity index (χ0n) is 15.0. The van der Waals surface area contributed by atoms with Crippen LogP contribution >= 0.6 is 23.2 Å². The Morgan fingerprint density at radius 1 is 1.07 bits per heavy atom. The summed E-state index contributed by atoms with van der Waals surface area (Å²) in [6, 6.07) is 15.1. The Morgan fingerprint density at radius 3 is 2.59 bits per heavy atom. The van der Waals surface area contributed by atoms with Gasteiger partial charge in [0.1, 0.15) is 0 Å². The second-order valence-electron chi connectivity index (χ2n) is 6.81. The number of likely N-dealkylation sites (tertiary alicyclic amines) is 1. The Labute approximate surface area is 169 Å². The molecule has 2 aromatic carbocycles. The molecule has 0 saturated carbocycles. The summed E-state index contributed by atoms with van der Waals surface area (Å²) in [5, 5.41) is 4.35. The van der Waals surface area contributed by atoms with Crippen LogP contribution in [0.3, 0.4) is 0 Å². The van der Waals surface area contributed by atoms with Crippen LogP contribution in [0, 0.1) is 5.92 Å². The number of benzene rings is 2. The average molecular weight is 405 g/mol. The van der Waals surface area contributed by atoms with Gasteiger partial charge in [-0.05, 0) is 48.2 Å². The molecule has 0 unspecified atom stereocenters. The molecule has 0 bridgehead atoms. The van der Waals surface area contributed by atoms with Crippen LogP contribution in [0.4, 0.5) is 0 Å². The first-order valence-corrected chi connectivity index (χ1v) is 9.81. The number of nitrogens with zero attached hydrogens (tertiary/aromatic N) is 1. The van der Waals surface area contributed by atoms with E-state index in [0.29, 0.717) is 42.5 Å². The van der Waals surface area contributed by atoms with Crippen LogP contribution < -0.4 is 5.32 Å². The minimum atomic E-state index is -0.172. The molecule has 3 rings (SSSR count). The number of amides is 2. The molecule has 1 N–H and O–H groups in total. The third-order valence-corrected chi connectivity index (χ3v) is 5.25. The predicted molar refractivity (Wildman–Crippen MR) is 108 cm³/mol. The van der Waals surface area contributed by atoms with Crippen molar-refractivity contribution in [2.75, 3.05) is 13.1 Å². The van der Waals surface area contributed by atoms with Gasteiger partial charge in [-0.25, -0.2) is 0 Å². The lowest BCUT2D eigenvalue weighted by Crippen LogP contribution is -2.45. The fraction of sp³-hybridized carbons (Fsp3) is 0.333. The van der Waals surface area contributed by atoms with E-state index in [-0.39, 0.29) is 17.7 Å². The van der Waals surface area contributed by atoms with Crippen molar-refractivity contribution in [3.05, 3.63) is 69.7 Å². The molecule has 0 radical (unpaired) electrons. The molecular weight excluding hydrogens is 383 g/mol. The standard InChI is InChI=1S/C21H22Cl2N2O2/c22-18-7-4-16(5-8-18)13-25-14-17(6-9-20(25)26)21(27)24-11-10-15-2-1-3-19(23)12-15/h1-5,7-8,12,17H,6,9-11,13-14H2,(H,24,27)/t17-/m1/s1. The Hall–Kier alpha value is -2.04. The third kappa shape index (κ3) is 5.72. The fourth-order valence-corrected chi connectivity index (χ4v) is 3.60. The van der Waals surface area contributed by atoms with Crippen LogP contribution in [-0.4, -0.2) is 29.8 Å². The van der Waals surface area contributed by atoms with Crippen molar-refractivity contribution >= 4 is 35.0 Å². The van der Waals surface area contributed by atoms with Gasteiger partial charge < -0.3 is 10.2 Å². The summed E-state index contributed by atoms with van der Waals surface area (Å²) in [5.74, 6) is -0.0760. The number of hydrogen-bond donors (Lipinski definition) is 1. The maximum Gasteiger partial charge on any atom is 0.224 e. The largest absolute Gasteiger partial charge is 0.355 e. The SMILES string of the molecule is O=C(NCCc1cccc(Cl)c1)[C@@H]1CCC(=O)N(Cc2ccc(Cl)cc2)C1.